The molecule has 0 bridgehead atoms. The van der Waals surface area contributed by atoms with Crippen molar-refractivity contribution in [2.75, 3.05) is 7.05 Å². The van der Waals surface area contributed by atoms with Gasteiger partial charge in [0.25, 0.3) is 0 Å². The maximum Gasteiger partial charge on any atom is 0.237 e. The normalized spacial score (nSPS) is 13.7. The first-order chi connectivity index (χ1) is 8.33. The van der Waals surface area contributed by atoms with Crippen LogP contribution >= 0.6 is 0 Å². The van der Waals surface area contributed by atoms with Crippen LogP contribution in [0.15, 0.2) is 12.4 Å². The maximum atomic E-state index is 12.2. The van der Waals surface area contributed by atoms with E-state index in [0.717, 1.165) is 12.2 Å². The monoisotopic (exact) mass is 252 g/mol. The number of H-pyrrole nitrogens is 1. The highest BCUT2D eigenvalue weighted by molar-refractivity contribution is 5.82. The van der Waals surface area contributed by atoms with Gasteiger partial charge in [-0.1, -0.05) is 6.92 Å². The van der Waals surface area contributed by atoms with E-state index < -0.39 is 0 Å². The minimum atomic E-state index is -0.198. The first kappa shape index (κ1) is 14.7. The molecule has 0 unspecified atom stereocenters. The highest BCUT2D eigenvalue weighted by Gasteiger charge is 2.25. The summed E-state index contributed by atoms with van der Waals surface area (Å²) in [5, 5.41) is 3.02. The predicted octanol–water partition coefficient (Wildman–Crippen LogP) is 1.53. The molecule has 0 aliphatic rings. The Morgan fingerprint density at radius 2 is 2.22 bits per heavy atom. The fraction of sp³-hybridized carbons (Fsp3) is 0.692. The number of carbonyl (C=O) groups excluding carboxylic acids is 1. The molecule has 1 amide bonds. The summed E-state index contributed by atoms with van der Waals surface area (Å²) in [5.41, 5.74) is -0.198. The van der Waals surface area contributed by atoms with Crippen LogP contribution < -0.4 is 5.32 Å². The minimum absolute atomic E-state index is 0.0686. The van der Waals surface area contributed by atoms with Crippen LogP contribution in [0, 0.1) is 0 Å². The van der Waals surface area contributed by atoms with Crippen LogP contribution in [-0.4, -0.2) is 39.4 Å². The topological polar surface area (TPSA) is 61.0 Å². The molecule has 0 aromatic carbocycles. The molecule has 0 fully saturated rings. The zero-order chi connectivity index (χ0) is 13.8. The largest absolute Gasteiger partial charge is 0.350 e. The third-order valence-electron chi connectivity index (χ3n) is 2.67. The van der Waals surface area contributed by atoms with E-state index in [1.54, 1.807) is 12.4 Å². The SMILES string of the molecule is CC[C@H](C(=O)NC(C)(C)C)N(C)Cc1ncc[nH]1. The Hall–Kier alpha value is -1.36. The zero-order valence-corrected chi connectivity index (χ0v) is 11.9. The van der Waals surface area contributed by atoms with Crippen molar-refractivity contribution in [3.05, 3.63) is 18.2 Å². The lowest BCUT2D eigenvalue weighted by atomic mass is 10.1. The molecule has 0 radical (unpaired) electrons. The third kappa shape index (κ3) is 4.49. The molecular weight excluding hydrogens is 228 g/mol. The Bertz CT molecular complexity index is 367. The van der Waals surface area contributed by atoms with Crippen molar-refractivity contribution in [2.45, 2.75) is 52.2 Å². The number of carbonyl (C=O) groups is 1. The molecule has 5 nitrogen and oxygen atoms in total. The number of hydrogen-bond acceptors (Lipinski definition) is 3. The second-order valence-corrected chi connectivity index (χ2v) is 5.61. The van der Waals surface area contributed by atoms with E-state index in [0.29, 0.717) is 6.54 Å². The standard InChI is InChI=1S/C13H24N4O/c1-6-10(12(18)16-13(2,3)4)17(5)9-11-14-7-8-15-11/h7-8,10H,6,9H2,1-5H3,(H,14,15)(H,16,18)/t10-/m1/s1. The first-order valence-corrected chi connectivity index (χ1v) is 6.34. The number of amides is 1. The molecule has 5 heteroatoms. The van der Waals surface area contributed by atoms with Crippen molar-refractivity contribution in [3.8, 4) is 0 Å². The lowest BCUT2D eigenvalue weighted by molar-refractivity contribution is -0.127. The van der Waals surface area contributed by atoms with Crippen LogP contribution in [0.4, 0.5) is 0 Å². The molecule has 18 heavy (non-hydrogen) atoms. The van der Waals surface area contributed by atoms with Gasteiger partial charge < -0.3 is 10.3 Å². The molecule has 1 atom stereocenters. The molecule has 0 aliphatic heterocycles. The second kappa shape index (κ2) is 6.00. The fourth-order valence-electron chi connectivity index (χ4n) is 1.88. The summed E-state index contributed by atoms with van der Waals surface area (Å²) in [6.07, 6.45) is 4.29. The number of likely N-dealkylation sites (N-methyl/N-ethyl adjacent to an activating group) is 1. The third-order valence-corrected chi connectivity index (χ3v) is 2.67. The van der Waals surface area contributed by atoms with Gasteiger partial charge in [-0.25, -0.2) is 4.98 Å². The summed E-state index contributed by atoms with van der Waals surface area (Å²) in [6.45, 7) is 8.63. The van der Waals surface area contributed by atoms with Gasteiger partial charge in [-0.05, 0) is 34.2 Å². The van der Waals surface area contributed by atoms with E-state index in [-0.39, 0.29) is 17.5 Å². The van der Waals surface area contributed by atoms with E-state index in [9.17, 15) is 4.79 Å². The van der Waals surface area contributed by atoms with Crippen LogP contribution in [0.2, 0.25) is 0 Å². The highest BCUT2D eigenvalue weighted by atomic mass is 16.2. The Labute approximate surface area is 109 Å². The zero-order valence-electron chi connectivity index (χ0n) is 11.9. The summed E-state index contributed by atoms with van der Waals surface area (Å²) in [6, 6.07) is -0.130. The lowest BCUT2D eigenvalue weighted by Crippen LogP contribution is -2.50. The molecule has 1 aromatic heterocycles. The summed E-state index contributed by atoms with van der Waals surface area (Å²) in [5.74, 6) is 0.943. The van der Waals surface area contributed by atoms with Crippen LogP contribution in [0.3, 0.4) is 0 Å². The van der Waals surface area contributed by atoms with Crippen molar-refractivity contribution >= 4 is 5.91 Å². The number of nitrogens with one attached hydrogen (secondary N) is 2. The summed E-state index contributed by atoms with van der Waals surface area (Å²) in [4.78, 5) is 21.4. The van der Waals surface area contributed by atoms with Crippen molar-refractivity contribution in [2.24, 2.45) is 0 Å². The van der Waals surface area contributed by atoms with Gasteiger partial charge in [-0.2, -0.15) is 0 Å². The number of hydrogen-bond donors (Lipinski definition) is 2. The molecule has 1 heterocycles. The smallest absolute Gasteiger partial charge is 0.237 e. The number of aromatic nitrogens is 2. The number of rotatable bonds is 5. The Morgan fingerprint density at radius 1 is 1.56 bits per heavy atom. The quantitative estimate of drug-likeness (QED) is 0.835. The molecule has 0 saturated carbocycles. The van der Waals surface area contributed by atoms with Gasteiger partial charge in [-0.3, -0.25) is 9.69 Å². The maximum absolute atomic E-state index is 12.2. The Balaban J connectivity index is 2.62. The van der Waals surface area contributed by atoms with Gasteiger partial charge in [0, 0.05) is 17.9 Å². The molecule has 102 valence electrons. The van der Waals surface area contributed by atoms with Crippen LogP contribution in [0.1, 0.15) is 39.9 Å². The van der Waals surface area contributed by atoms with Crippen molar-refractivity contribution in [1.82, 2.24) is 20.2 Å². The molecule has 1 rings (SSSR count). The second-order valence-electron chi connectivity index (χ2n) is 5.61. The van der Waals surface area contributed by atoms with Gasteiger partial charge in [0.05, 0.1) is 12.6 Å². The summed E-state index contributed by atoms with van der Waals surface area (Å²) in [7, 11) is 1.94. The van der Waals surface area contributed by atoms with Crippen LogP contribution in [0.25, 0.3) is 0 Å². The lowest BCUT2D eigenvalue weighted by Gasteiger charge is -2.29. The van der Waals surface area contributed by atoms with E-state index in [4.69, 9.17) is 0 Å². The molecular formula is C13H24N4O. The molecule has 0 spiro atoms. The van der Waals surface area contributed by atoms with E-state index in [2.05, 4.69) is 15.3 Å². The molecule has 0 aliphatic carbocycles. The van der Waals surface area contributed by atoms with Crippen LogP contribution in [-0.2, 0) is 11.3 Å². The van der Waals surface area contributed by atoms with E-state index in [1.165, 1.54) is 0 Å². The van der Waals surface area contributed by atoms with Crippen LogP contribution in [0.5, 0.6) is 0 Å². The average Bonchev–Trinajstić information content (AvgIpc) is 2.68. The van der Waals surface area contributed by atoms with Gasteiger partial charge in [0.15, 0.2) is 0 Å². The van der Waals surface area contributed by atoms with E-state index >= 15 is 0 Å². The fourth-order valence-corrected chi connectivity index (χ4v) is 1.88. The van der Waals surface area contributed by atoms with Gasteiger partial charge in [0.2, 0.25) is 5.91 Å². The van der Waals surface area contributed by atoms with Gasteiger partial charge in [-0.15, -0.1) is 0 Å². The predicted molar refractivity (Wildman–Crippen MR) is 72.0 cm³/mol. The number of nitrogens with zero attached hydrogens (tertiary/aromatic N) is 2. The van der Waals surface area contributed by atoms with Gasteiger partial charge >= 0.3 is 0 Å². The number of imidazole rings is 1. The molecule has 2 N–H and O–H groups in total. The van der Waals surface area contributed by atoms with Crippen molar-refractivity contribution in [3.63, 3.8) is 0 Å². The molecule has 0 saturated heterocycles. The van der Waals surface area contributed by atoms with E-state index in [1.807, 2.05) is 39.6 Å². The average molecular weight is 252 g/mol. The Morgan fingerprint density at radius 3 is 2.67 bits per heavy atom. The van der Waals surface area contributed by atoms with Crippen molar-refractivity contribution in [1.29, 1.82) is 0 Å². The first-order valence-electron chi connectivity index (χ1n) is 6.34. The highest BCUT2D eigenvalue weighted by Crippen LogP contribution is 2.08. The van der Waals surface area contributed by atoms with Crippen molar-refractivity contribution < 1.29 is 4.79 Å². The van der Waals surface area contributed by atoms with Gasteiger partial charge in [0.1, 0.15) is 5.82 Å². The molecule has 1 aromatic rings. The number of aromatic amines is 1. The summed E-state index contributed by atoms with van der Waals surface area (Å²) < 4.78 is 0. The summed E-state index contributed by atoms with van der Waals surface area (Å²) >= 11 is 0. The Kier molecular flexibility index (Phi) is 4.90. The minimum Gasteiger partial charge on any atom is -0.350 e.